The van der Waals surface area contributed by atoms with Gasteiger partial charge in [0.2, 0.25) is 0 Å². The first kappa shape index (κ1) is 17.4. The van der Waals surface area contributed by atoms with Crippen LogP contribution in [0.15, 0.2) is 54.6 Å². The molecule has 7 nitrogen and oxygen atoms in total. The second-order valence-corrected chi connectivity index (χ2v) is 5.34. The zero-order chi connectivity index (χ0) is 17.5. The van der Waals surface area contributed by atoms with Crippen LogP contribution in [0.3, 0.4) is 0 Å². The lowest BCUT2D eigenvalue weighted by Gasteiger charge is -2.15. The molecule has 1 unspecified atom stereocenters. The fraction of sp³-hybridized carbons (Fsp3) is 0.235. The number of phenolic OH excluding ortho intramolecular Hbond substituents is 1. The van der Waals surface area contributed by atoms with Crippen LogP contribution in [0, 0.1) is 10.1 Å². The molecule has 0 aliphatic carbocycles. The molecule has 0 saturated carbocycles. The van der Waals surface area contributed by atoms with Crippen molar-refractivity contribution in [2.75, 3.05) is 0 Å². The lowest BCUT2D eigenvalue weighted by molar-refractivity contribution is -0.567. The Morgan fingerprint density at radius 2 is 1.67 bits per heavy atom. The molecular formula is C17H18N2O5. The first-order chi connectivity index (χ1) is 11.5. The zero-order valence-corrected chi connectivity index (χ0v) is 12.9. The Kier molecular flexibility index (Phi) is 5.86. The number of rotatable bonds is 7. The van der Waals surface area contributed by atoms with E-state index in [0.717, 1.165) is 5.56 Å². The second-order valence-electron chi connectivity index (χ2n) is 5.34. The third-order valence-electron chi connectivity index (χ3n) is 3.44. The van der Waals surface area contributed by atoms with Crippen LogP contribution >= 0.6 is 0 Å². The highest BCUT2D eigenvalue weighted by molar-refractivity contribution is 5.76. The van der Waals surface area contributed by atoms with Crippen molar-refractivity contribution in [2.45, 2.75) is 25.1 Å². The van der Waals surface area contributed by atoms with E-state index in [1.807, 2.05) is 0 Å². The van der Waals surface area contributed by atoms with Crippen LogP contribution in [0.2, 0.25) is 0 Å². The van der Waals surface area contributed by atoms with Crippen LogP contribution in [0.5, 0.6) is 5.75 Å². The van der Waals surface area contributed by atoms with Crippen molar-refractivity contribution in [3.05, 3.63) is 75.8 Å². The molecule has 24 heavy (non-hydrogen) atoms. The number of nitrogens with zero attached hydrogens (tertiary/aromatic N) is 1. The van der Waals surface area contributed by atoms with Crippen molar-refractivity contribution in [2.24, 2.45) is 5.73 Å². The first-order valence-electron chi connectivity index (χ1n) is 7.37. The van der Waals surface area contributed by atoms with Crippen molar-refractivity contribution >= 4 is 5.97 Å². The lowest BCUT2D eigenvalue weighted by atomic mass is 10.1. The number of hydrogen-bond acceptors (Lipinski definition) is 6. The van der Waals surface area contributed by atoms with Crippen molar-refractivity contribution < 1.29 is 19.6 Å². The molecule has 0 heterocycles. The molecule has 0 amide bonds. The largest absolute Gasteiger partial charge is 0.508 e. The highest BCUT2D eigenvalue weighted by atomic mass is 16.7. The number of nitro groups is 1. The summed E-state index contributed by atoms with van der Waals surface area (Å²) in [5.74, 6) is -0.730. The van der Waals surface area contributed by atoms with Gasteiger partial charge in [0.25, 0.3) is 0 Å². The van der Waals surface area contributed by atoms with Gasteiger partial charge in [-0.1, -0.05) is 42.5 Å². The first-order valence-corrected chi connectivity index (χ1v) is 7.37. The van der Waals surface area contributed by atoms with E-state index in [2.05, 4.69) is 0 Å². The Bertz CT molecular complexity index is 688. The van der Waals surface area contributed by atoms with Gasteiger partial charge in [0.15, 0.2) is 0 Å². The molecule has 0 bridgehead atoms. The van der Waals surface area contributed by atoms with Gasteiger partial charge in [0, 0.05) is 0 Å². The van der Waals surface area contributed by atoms with E-state index in [1.165, 1.54) is 12.1 Å². The normalized spacial score (nSPS) is 13.0. The van der Waals surface area contributed by atoms with E-state index in [0.29, 0.717) is 5.56 Å². The molecule has 7 heteroatoms. The van der Waals surface area contributed by atoms with E-state index < -0.39 is 23.2 Å². The fourth-order valence-electron chi connectivity index (χ4n) is 2.17. The third-order valence-corrected chi connectivity index (χ3v) is 3.44. The van der Waals surface area contributed by atoms with Crippen LogP contribution in [0.25, 0.3) is 0 Å². The summed E-state index contributed by atoms with van der Waals surface area (Å²) >= 11 is 0. The summed E-state index contributed by atoms with van der Waals surface area (Å²) in [5.41, 5.74) is 7.18. The maximum atomic E-state index is 12.0. The predicted molar refractivity (Wildman–Crippen MR) is 86.8 cm³/mol. The summed E-state index contributed by atoms with van der Waals surface area (Å²) in [7, 11) is 0. The molecule has 0 spiro atoms. The van der Waals surface area contributed by atoms with Gasteiger partial charge in [-0.3, -0.25) is 14.9 Å². The Morgan fingerprint density at radius 1 is 1.08 bits per heavy atom. The van der Waals surface area contributed by atoms with Crippen LogP contribution in [0.4, 0.5) is 0 Å². The van der Waals surface area contributed by atoms with Crippen molar-refractivity contribution in [3.8, 4) is 5.75 Å². The molecule has 2 aromatic rings. The predicted octanol–water partition coefficient (Wildman–Crippen LogP) is 1.65. The van der Waals surface area contributed by atoms with Gasteiger partial charge in [0.1, 0.15) is 11.8 Å². The van der Waals surface area contributed by atoms with Gasteiger partial charge in [-0.25, -0.2) is 0 Å². The molecule has 0 radical (unpaired) electrons. The molecular weight excluding hydrogens is 312 g/mol. The quantitative estimate of drug-likeness (QED) is 0.345. The van der Waals surface area contributed by atoms with Gasteiger partial charge in [-0.2, -0.15) is 0 Å². The van der Waals surface area contributed by atoms with Crippen LogP contribution < -0.4 is 5.73 Å². The Morgan fingerprint density at radius 3 is 2.25 bits per heavy atom. The minimum absolute atomic E-state index is 0.0223. The number of benzene rings is 2. The number of ether oxygens (including phenoxy) is 1. The summed E-state index contributed by atoms with van der Waals surface area (Å²) in [6.07, 6.45) is -1.34. The second kappa shape index (κ2) is 8.07. The standard InChI is InChI=1S/C17H18N2O5/c18-15(10-13-6-8-14(20)9-7-13)17(21)24-16(19(22)23)11-12-4-2-1-3-5-12/h1-9,15-16,20H,10-11,18H2/t15-,16?/m0/s1. The highest BCUT2D eigenvalue weighted by Crippen LogP contribution is 2.12. The Labute approximate surface area is 138 Å². The molecule has 0 fully saturated rings. The average Bonchev–Trinajstić information content (AvgIpc) is 2.57. The summed E-state index contributed by atoms with van der Waals surface area (Å²) < 4.78 is 4.96. The summed E-state index contributed by atoms with van der Waals surface area (Å²) in [6, 6.07) is 13.9. The van der Waals surface area contributed by atoms with E-state index in [-0.39, 0.29) is 18.6 Å². The van der Waals surface area contributed by atoms with E-state index in [1.54, 1.807) is 42.5 Å². The number of nitrogens with two attached hydrogens (primary N) is 1. The number of esters is 1. The molecule has 3 N–H and O–H groups in total. The van der Waals surface area contributed by atoms with Crippen molar-refractivity contribution in [1.29, 1.82) is 0 Å². The minimum Gasteiger partial charge on any atom is -0.508 e. The minimum atomic E-state index is -1.48. The van der Waals surface area contributed by atoms with Gasteiger partial charge in [-0.15, -0.1) is 0 Å². The van der Waals surface area contributed by atoms with E-state index in [9.17, 15) is 20.0 Å². The summed E-state index contributed by atoms with van der Waals surface area (Å²) in [4.78, 5) is 22.5. The SMILES string of the molecule is N[C@@H](Cc1ccc(O)cc1)C(=O)OC(Cc1ccccc1)[N+](=O)[O-]. The lowest BCUT2D eigenvalue weighted by Crippen LogP contribution is -2.39. The molecule has 0 aliphatic heterocycles. The van der Waals surface area contributed by atoms with Crippen molar-refractivity contribution in [3.63, 3.8) is 0 Å². The fourth-order valence-corrected chi connectivity index (χ4v) is 2.17. The molecule has 0 aromatic heterocycles. The van der Waals surface area contributed by atoms with Crippen LogP contribution in [-0.4, -0.2) is 28.3 Å². The molecule has 0 saturated heterocycles. The number of carbonyl (C=O) groups excluding carboxylic acids is 1. The highest BCUT2D eigenvalue weighted by Gasteiger charge is 2.28. The molecule has 2 atom stereocenters. The maximum absolute atomic E-state index is 12.0. The number of hydrogen-bond donors (Lipinski definition) is 2. The third kappa shape index (κ3) is 5.06. The molecule has 0 aliphatic rings. The summed E-state index contributed by atoms with van der Waals surface area (Å²) in [5, 5.41) is 20.3. The molecule has 126 valence electrons. The molecule has 2 rings (SSSR count). The number of carbonyl (C=O) groups is 1. The average molecular weight is 330 g/mol. The van der Waals surface area contributed by atoms with E-state index >= 15 is 0 Å². The Balaban J connectivity index is 1.96. The summed E-state index contributed by atoms with van der Waals surface area (Å²) in [6.45, 7) is 0. The van der Waals surface area contributed by atoms with Gasteiger partial charge >= 0.3 is 12.2 Å². The molecule has 2 aromatic carbocycles. The number of phenols is 1. The van der Waals surface area contributed by atoms with Gasteiger partial charge in [-0.05, 0) is 29.7 Å². The number of aromatic hydroxyl groups is 1. The van der Waals surface area contributed by atoms with Gasteiger partial charge in [0.05, 0.1) is 11.3 Å². The van der Waals surface area contributed by atoms with Crippen LogP contribution in [0.1, 0.15) is 11.1 Å². The van der Waals surface area contributed by atoms with Crippen molar-refractivity contribution in [1.82, 2.24) is 0 Å². The zero-order valence-electron chi connectivity index (χ0n) is 12.9. The van der Waals surface area contributed by atoms with Crippen LogP contribution in [-0.2, 0) is 22.4 Å². The monoisotopic (exact) mass is 330 g/mol. The van der Waals surface area contributed by atoms with Gasteiger partial charge < -0.3 is 15.6 Å². The Hall–Kier alpha value is -2.93. The topological polar surface area (TPSA) is 116 Å². The maximum Gasteiger partial charge on any atom is 0.360 e. The smallest absolute Gasteiger partial charge is 0.360 e. The van der Waals surface area contributed by atoms with E-state index in [4.69, 9.17) is 10.5 Å².